The normalized spacial score (nSPS) is 11.4. The molecule has 0 fully saturated rings. The van der Waals surface area contributed by atoms with Gasteiger partial charge in [-0.15, -0.1) is 0 Å². The van der Waals surface area contributed by atoms with Crippen molar-refractivity contribution >= 4 is 22.6 Å². The number of benzene rings is 2. The number of nitrogens with two attached hydrogens (primary N) is 1. The Kier molecular flexibility index (Phi) is 4.68. The van der Waals surface area contributed by atoms with Gasteiger partial charge >= 0.3 is 6.18 Å². The number of halogens is 3. The predicted octanol–water partition coefficient (Wildman–Crippen LogP) is 2.42. The zero-order chi connectivity index (χ0) is 18.1. The Morgan fingerprint density at radius 1 is 1.17 bits per heavy atom. The first kappa shape index (κ1) is 17.6. The lowest BCUT2D eigenvalue weighted by molar-refractivity contribution is -0.137. The highest BCUT2D eigenvalue weighted by atomic mass is 19.4. The highest BCUT2D eigenvalue weighted by Gasteiger charge is 2.36. The Hall–Kier alpha value is -2.77. The van der Waals surface area contributed by atoms with Gasteiger partial charge in [0.2, 0.25) is 5.91 Å². The van der Waals surface area contributed by atoms with Crippen molar-refractivity contribution in [3.63, 3.8) is 0 Å². The van der Waals surface area contributed by atoms with Crippen molar-refractivity contribution < 1.29 is 27.5 Å². The Morgan fingerprint density at radius 2 is 1.83 bits per heavy atom. The molecule has 2 N–H and O–H groups in total. The maximum Gasteiger partial charge on any atom is 0.420 e. The molecule has 0 bridgehead atoms. The second-order valence-electron chi connectivity index (χ2n) is 5.17. The summed E-state index contributed by atoms with van der Waals surface area (Å²) in [6, 6.07) is 6.56. The number of hydrogen-bond acceptors (Lipinski definition) is 3. The summed E-state index contributed by atoms with van der Waals surface area (Å²) in [5, 5.41) is -0.0351. The molecule has 0 unspecified atom stereocenters. The Bertz CT molecular complexity index is 803. The van der Waals surface area contributed by atoms with Crippen LogP contribution in [-0.2, 0) is 11.0 Å². The van der Waals surface area contributed by atoms with E-state index in [1.54, 1.807) is 0 Å². The fourth-order valence-electron chi connectivity index (χ4n) is 2.50. The Balaban J connectivity index is 2.67. The highest BCUT2D eigenvalue weighted by molar-refractivity contribution is 6.08. The largest absolute Gasteiger partial charge is 0.496 e. The molecule has 0 heterocycles. The minimum absolute atomic E-state index is 0.0457. The summed E-state index contributed by atoms with van der Waals surface area (Å²) in [4.78, 5) is 24.4. The lowest BCUT2D eigenvalue weighted by Gasteiger charge is -2.19. The number of primary amides is 1. The SMILES string of the molecule is COc1ccc2c(C(=O)N(C)CC(N)=O)cccc2c1C(F)(F)F. The summed E-state index contributed by atoms with van der Waals surface area (Å²) in [6.45, 7) is -0.336. The molecule has 24 heavy (non-hydrogen) atoms. The molecule has 8 heteroatoms. The van der Waals surface area contributed by atoms with Gasteiger partial charge in [-0.25, -0.2) is 0 Å². The van der Waals surface area contributed by atoms with Gasteiger partial charge in [-0.05, 0) is 29.0 Å². The molecule has 2 rings (SSSR count). The van der Waals surface area contributed by atoms with Gasteiger partial charge in [0.15, 0.2) is 0 Å². The predicted molar refractivity (Wildman–Crippen MR) is 81.7 cm³/mol. The molecule has 2 aromatic rings. The molecule has 0 saturated carbocycles. The van der Waals surface area contributed by atoms with E-state index >= 15 is 0 Å². The average molecular weight is 340 g/mol. The number of rotatable bonds is 4. The third-order valence-corrected chi connectivity index (χ3v) is 3.50. The number of likely N-dealkylation sites (N-methyl/N-ethyl adjacent to an activating group) is 1. The van der Waals surface area contributed by atoms with Crippen molar-refractivity contribution in [1.82, 2.24) is 4.90 Å². The number of nitrogens with zero attached hydrogens (tertiary/aromatic N) is 1. The van der Waals surface area contributed by atoms with E-state index in [-0.39, 0.29) is 28.6 Å². The first-order chi connectivity index (χ1) is 11.2. The van der Waals surface area contributed by atoms with Crippen molar-refractivity contribution in [2.45, 2.75) is 6.18 Å². The summed E-state index contributed by atoms with van der Waals surface area (Å²) in [5.74, 6) is -1.65. The van der Waals surface area contributed by atoms with Gasteiger partial charge in [0.1, 0.15) is 11.3 Å². The number of methoxy groups -OCH3 is 1. The van der Waals surface area contributed by atoms with Gasteiger partial charge in [0.05, 0.1) is 13.7 Å². The average Bonchev–Trinajstić information content (AvgIpc) is 2.50. The zero-order valence-corrected chi connectivity index (χ0v) is 13.0. The molecule has 0 saturated heterocycles. The molecule has 0 atom stereocenters. The van der Waals surface area contributed by atoms with E-state index in [4.69, 9.17) is 10.5 Å². The molecule has 2 amide bonds. The van der Waals surface area contributed by atoms with E-state index in [1.807, 2.05) is 0 Å². The summed E-state index contributed by atoms with van der Waals surface area (Å²) in [5.41, 5.74) is 4.14. The van der Waals surface area contributed by atoms with Crippen molar-refractivity contribution in [1.29, 1.82) is 0 Å². The number of carbonyl (C=O) groups excluding carboxylic acids is 2. The van der Waals surface area contributed by atoms with Gasteiger partial charge in [0.25, 0.3) is 5.91 Å². The van der Waals surface area contributed by atoms with Crippen LogP contribution in [0.25, 0.3) is 10.8 Å². The summed E-state index contributed by atoms with van der Waals surface area (Å²) in [7, 11) is 2.49. The van der Waals surface area contributed by atoms with E-state index in [1.165, 1.54) is 31.3 Å². The van der Waals surface area contributed by atoms with Crippen LogP contribution in [-0.4, -0.2) is 37.4 Å². The molecule has 0 aliphatic carbocycles. The molecule has 0 spiro atoms. The van der Waals surface area contributed by atoms with Crippen molar-refractivity contribution in [2.24, 2.45) is 5.73 Å². The van der Waals surface area contributed by atoms with Crippen LogP contribution >= 0.6 is 0 Å². The van der Waals surface area contributed by atoms with Crippen LogP contribution in [0, 0.1) is 0 Å². The minimum Gasteiger partial charge on any atom is -0.496 e. The van der Waals surface area contributed by atoms with Gasteiger partial charge < -0.3 is 15.4 Å². The summed E-state index contributed by atoms with van der Waals surface area (Å²) in [6.07, 6.45) is -4.65. The standard InChI is InChI=1S/C16H15F3N2O3/c1-21(8-13(20)22)15(23)11-5-3-4-10-9(11)6-7-12(24-2)14(10)16(17,18)19/h3-7H,8H2,1-2H3,(H2,20,22). The van der Waals surface area contributed by atoms with E-state index < -0.39 is 23.6 Å². The Morgan fingerprint density at radius 3 is 2.38 bits per heavy atom. The van der Waals surface area contributed by atoms with Gasteiger partial charge in [0, 0.05) is 12.6 Å². The van der Waals surface area contributed by atoms with Crippen LogP contribution in [0.5, 0.6) is 5.75 Å². The molecule has 0 aliphatic rings. The number of ether oxygens (including phenoxy) is 1. The summed E-state index contributed by atoms with van der Waals surface area (Å²) >= 11 is 0. The van der Waals surface area contributed by atoms with E-state index in [0.29, 0.717) is 0 Å². The maximum atomic E-state index is 13.4. The molecule has 0 radical (unpaired) electrons. The smallest absolute Gasteiger partial charge is 0.420 e. The quantitative estimate of drug-likeness (QED) is 0.929. The maximum absolute atomic E-state index is 13.4. The molecule has 0 aliphatic heterocycles. The van der Waals surface area contributed by atoms with Crippen molar-refractivity contribution in [3.05, 3.63) is 41.5 Å². The second-order valence-corrected chi connectivity index (χ2v) is 5.17. The second kappa shape index (κ2) is 6.38. The summed E-state index contributed by atoms with van der Waals surface area (Å²) < 4.78 is 45.0. The van der Waals surface area contributed by atoms with Crippen LogP contribution in [0.2, 0.25) is 0 Å². The topological polar surface area (TPSA) is 72.6 Å². The molecule has 5 nitrogen and oxygen atoms in total. The van der Waals surface area contributed by atoms with Gasteiger partial charge in [-0.2, -0.15) is 13.2 Å². The first-order valence-electron chi connectivity index (χ1n) is 6.87. The molecular weight excluding hydrogens is 325 g/mol. The van der Waals surface area contributed by atoms with Crippen LogP contribution < -0.4 is 10.5 Å². The van der Waals surface area contributed by atoms with Crippen LogP contribution in [0.4, 0.5) is 13.2 Å². The lowest BCUT2D eigenvalue weighted by atomic mass is 9.98. The molecule has 128 valence electrons. The minimum atomic E-state index is -4.65. The number of alkyl halides is 3. The van der Waals surface area contributed by atoms with E-state index in [0.717, 1.165) is 18.1 Å². The molecule has 0 aromatic heterocycles. The lowest BCUT2D eigenvalue weighted by Crippen LogP contribution is -2.35. The van der Waals surface area contributed by atoms with E-state index in [2.05, 4.69) is 0 Å². The fraction of sp³-hybridized carbons (Fsp3) is 0.250. The Labute approximate surface area is 135 Å². The van der Waals surface area contributed by atoms with Gasteiger partial charge in [-0.1, -0.05) is 12.1 Å². The molecule has 2 aromatic carbocycles. The zero-order valence-electron chi connectivity index (χ0n) is 13.0. The van der Waals surface area contributed by atoms with Crippen LogP contribution in [0.3, 0.4) is 0 Å². The van der Waals surface area contributed by atoms with Crippen LogP contribution in [0.15, 0.2) is 30.3 Å². The third kappa shape index (κ3) is 3.27. The highest BCUT2D eigenvalue weighted by Crippen LogP contribution is 2.41. The number of carbonyl (C=O) groups is 2. The monoisotopic (exact) mass is 340 g/mol. The number of hydrogen-bond donors (Lipinski definition) is 1. The third-order valence-electron chi connectivity index (χ3n) is 3.50. The first-order valence-corrected chi connectivity index (χ1v) is 6.87. The molecular formula is C16H15F3N2O3. The number of amides is 2. The van der Waals surface area contributed by atoms with Crippen molar-refractivity contribution in [3.8, 4) is 5.75 Å². The van der Waals surface area contributed by atoms with E-state index in [9.17, 15) is 22.8 Å². The fourth-order valence-corrected chi connectivity index (χ4v) is 2.50. The van der Waals surface area contributed by atoms with Crippen LogP contribution in [0.1, 0.15) is 15.9 Å². The van der Waals surface area contributed by atoms with Crippen molar-refractivity contribution in [2.75, 3.05) is 20.7 Å². The van der Waals surface area contributed by atoms with Gasteiger partial charge in [-0.3, -0.25) is 9.59 Å². The number of fused-ring (bicyclic) bond motifs is 1.